The van der Waals surface area contributed by atoms with E-state index < -0.39 is 28.5 Å². The number of hydrogen-bond donors (Lipinski definition) is 1. The van der Waals surface area contributed by atoms with Gasteiger partial charge >= 0.3 is 0 Å². The van der Waals surface area contributed by atoms with Crippen molar-refractivity contribution in [3.05, 3.63) is 87.9 Å². The van der Waals surface area contributed by atoms with Crippen molar-refractivity contribution in [2.24, 2.45) is 0 Å². The molecule has 0 radical (unpaired) electrons. The van der Waals surface area contributed by atoms with Crippen LogP contribution in [0.15, 0.2) is 82.2 Å². The molecule has 0 aromatic heterocycles. The first-order valence-electron chi connectivity index (χ1n) is 11.2. The fourth-order valence-electron chi connectivity index (χ4n) is 3.67. The molecule has 196 valence electrons. The van der Waals surface area contributed by atoms with Gasteiger partial charge in [-0.2, -0.15) is 0 Å². The number of rotatable bonds is 10. The van der Waals surface area contributed by atoms with Crippen molar-refractivity contribution in [2.75, 3.05) is 25.0 Å². The Bertz CT molecular complexity index is 1350. The highest BCUT2D eigenvalue weighted by atomic mass is 79.9. The van der Waals surface area contributed by atoms with E-state index in [1.165, 1.54) is 43.3 Å². The van der Waals surface area contributed by atoms with Crippen LogP contribution in [0.25, 0.3) is 0 Å². The molecule has 0 unspecified atom stereocenters. The summed E-state index contributed by atoms with van der Waals surface area (Å²) in [4.78, 5) is 27.6. The standard InChI is InChI=1S/C26H27BrClN3O5S/c1-18(26(33)29-2)30(16-19-9-11-20(27)12-10-19)25(32)17-31(23-15-21(28)13-14-24(23)36-3)37(34,35)22-7-5-4-6-8-22/h4-15,18H,16-17H2,1-3H3,(H,29,33)/t18-/m0/s1. The van der Waals surface area contributed by atoms with Crippen molar-refractivity contribution in [3.8, 4) is 5.75 Å². The van der Waals surface area contributed by atoms with Crippen LogP contribution in [-0.4, -0.2) is 51.9 Å². The van der Waals surface area contributed by atoms with Crippen molar-refractivity contribution in [3.63, 3.8) is 0 Å². The SMILES string of the molecule is CNC(=O)[C@H](C)N(Cc1ccc(Br)cc1)C(=O)CN(c1cc(Cl)ccc1OC)S(=O)(=O)c1ccccc1. The average molecular weight is 609 g/mol. The molecule has 11 heteroatoms. The van der Waals surface area contributed by atoms with Gasteiger partial charge in [0, 0.05) is 23.1 Å². The van der Waals surface area contributed by atoms with Gasteiger partial charge in [-0.15, -0.1) is 0 Å². The number of methoxy groups -OCH3 is 1. The molecule has 3 aromatic rings. The van der Waals surface area contributed by atoms with Gasteiger partial charge in [-0.25, -0.2) is 8.42 Å². The summed E-state index contributed by atoms with van der Waals surface area (Å²) >= 11 is 9.60. The van der Waals surface area contributed by atoms with Crippen molar-refractivity contribution in [2.45, 2.75) is 24.4 Å². The maximum Gasteiger partial charge on any atom is 0.264 e. The highest BCUT2D eigenvalue weighted by molar-refractivity contribution is 9.10. The van der Waals surface area contributed by atoms with Crippen molar-refractivity contribution >= 4 is 55.1 Å². The summed E-state index contributed by atoms with van der Waals surface area (Å²) in [5.74, 6) is -0.751. The number of halogens is 2. The highest BCUT2D eigenvalue weighted by Gasteiger charge is 2.33. The molecule has 0 saturated heterocycles. The van der Waals surface area contributed by atoms with E-state index in [9.17, 15) is 18.0 Å². The average Bonchev–Trinajstić information content (AvgIpc) is 2.90. The molecule has 2 amide bonds. The lowest BCUT2D eigenvalue weighted by Gasteiger charge is -2.32. The minimum atomic E-state index is -4.22. The summed E-state index contributed by atoms with van der Waals surface area (Å²) in [5.41, 5.74) is 0.869. The van der Waals surface area contributed by atoms with E-state index in [-0.39, 0.29) is 33.8 Å². The van der Waals surface area contributed by atoms with Crippen molar-refractivity contribution in [1.82, 2.24) is 10.2 Å². The number of carbonyl (C=O) groups is 2. The van der Waals surface area contributed by atoms with E-state index in [1.54, 1.807) is 31.2 Å². The molecular formula is C26H27BrClN3O5S. The fraction of sp³-hybridized carbons (Fsp3) is 0.231. The molecule has 3 rings (SSSR count). The fourth-order valence-corrected chi connectivity index (χ4v) is 5.54. The summed E-state index contributed by atoms with van der Waals surface area (Å²) in [6.07, 6.45) is 0. The number of ether oxygens (including phenoxy) is 1. The number of nitrogens with zero attached hydrogens (tertiary/aromatic N) is 2. The zero-order valence-corrected chi connectivity index (χ0v) is 23.7. The van der Waals surface area contributed by atoms with Crippen LogP contribution in [0.5, 0.6) is 5.75 Å². The topological polar surface area (TPSA) is 96.0 Å². The number of nitrogens with one attached hydrogen (secondary N) is 1. The van der Waals surface area contributed by atoms with E-state index in [0.717, 1.165) is 14.3 Å². The third-order valence-electron chi connectivity index (χ3n) is 5.70. The number of benzene rings is 3. The van der Waals surface area contributed by atoms with Crippen LogP contribution in [0, 0.1) is 0 Å². The van der Waals surface area contributed by atoms with Gasteiger partial charge in [-0.3, -0.25) is 13.9 Å². The molecule has 1 N–H and O–H groups in total. The molecule has 3 aromatic carbocycles. The predicted molar refractivity (Wildman–Crippen MR) is 147 cm³/mol. The molecule has 8 nitrogen and oxygen atoms in total. The summed E-state index contributed by atoms with van der Waals surface area (Å²) in [7, 11) is -1.35. The quantitative estimate of drug-likeness (QED) is 0.367. The molecule has 0 saturated carbocycles. The normalized spacial score (nSPS) is 11.9. The smallest absolute Gasteiger partial charge is 0.264 e. The van der Waals surface area contributed by atoms with E-state index in [0.29, 0.717) is 0 Å². The number of hydrogen-bond acceptors (Lipinski definition) is 5. The summed E-state index contributed by atoms with van der Waals surface area (Å²) < 4.78 is 34.8. The lowest BCUT2D eigenvalue weighted by atomic mass is 10.1. The Morgan fingerprint density at radius 1 is 1.05 bits per heavy atom. The number of amides is 2. The molecule has 0 aliphatic carbocycles. The van der Waals surface area contributed by atoms with E-state index >= 15 is 0 Å². The molecule has 0 aliphatic heterocycles. The van der Waals surface area contributed by atoms with Gasteiger partial charge < -0.3 is 15.0 Å². The number of likely N-dealkylation sites (N-methyl/N-ethyl adjacent to an activating group) is 1. The van der Waals surface area contributed by atoms with E-state index in [2.05, 4.69) is 21.2 Å². The Morgan fingerprint density at radius 3 is 2.30 bits per heavy atom. The predicted octanol–water partition coefficient (Wildman–Crippen LogP) is 4.47. The number of sulfonamides is 1. The minimum absolute atomic E-state index is 0.0105. The summed E-state index contributed by atoms with van der Waals surface area (Å²) in [6, 6.07) is 18.7. The van der Waals surface area contributed by atoms with Crippen LogP contribution in [0.3, 0.4) is 0 Å². The van der Waals surface area contributed by atoms with Gasteiger partial charge in [-0.05, 0) is 55.0 Å². The first kappa shape index (κ1) is 28.5. The van der Waals surface area contributed by atoms with Crippen LogP contribution in [-0.2, 0) is 26.2 Å². The minimum Gasteiger partial charge on any atom is -0.495 e. The molecule has 0 bridgehead atoms. The van der Waals surface area contributed by atoms with Crippen molar-refractivity contribution in [1.29, 1.82) is 0 Å². The highest BCUT2D eigenvalue weighted by Crippen LogP contribution is 2.35. The molecular weight excluding hydrogens is 582 g/mol. The lowest BCUT2D eigenvalue weighted by molar-refractivity contribution is -0.139. The van der Waals surface area contributed by atoms with Gasteiger partial charge in [-0.1, -0.05) is 57.9 Å². The molecule has 0 spiro atoms. The largest absolute Gasteiger partial charge is 0.495 e. The van der Waals surface area contributed by atoms with Crippen LogP contribution in [0.4, 0.5) is 5.69 Å². The first-order chi connectivity index (χ1) is 17.6. The Labute approximate surface area is 230 Å². The Hall–Kier alpha value is -3.08. The van der Waals surface area contributed by atoms with E-state index in [1.807, 2.05) is 24.3 Å². The third kappa shape index (κ3) is 6.82. The number of carbonyl (C=O) groups excluding carboxylic acids is 2. The zero-order valence-electron chi connectivity index (χ0n) is 20.5. The zero-order chi connectivity index (χ0) is 27.2. The second-order valence-corrected chi connectivity index (χ2v) is 11.3. The Balaban J connectivity index is 2.09. The Kier molecular flexibility index (Phi) is 9.58. The van der Waals surface area contributed by atoms with Gasteiger partial charge in [0.25, 0.3) is 10.0 Å². The first-order valence-corrected chi connectivity index (χ1v) is 13.9. The van der Waals surface area contributed by atoms with Crippen LogP contribution >= 0.6 is 27.5 Å². The van der Waals surface area contributed by atoms with Gasteiger partial charge in [0.15, 0.2) is 0 Å². The molecule has 0 aliphatic rings. The lowest BCUT2D eigenvalue weighted by Crippen LogP contribution is -2.50. The maximum atomic E-state index is 13.8. The number of anilines is 1. The van der Waals surface area contributed by atoms with Gasteiger partial charge in [0.05, 0.1) is 17.7 Å². The monoisotopic (exact) mass is 607 g/mol. The van der Waals surface area contributed by atoms with Crippen LogP contribution in [0.2, 0.25) is 5.02 Å². The molecule has 0 heterocycles. The van der Waals surface area contributed by atoms with Gasteiger partial charge in [0.1, 0.15) is 18.3 Å². The molecule has 0 fully saturated rings. The third-order valence-corrected chi connectivity index (χ3v) is 8.24. The van der Waals surface area contributed by atoms with Crippen LogP contribution < -0.4 is 14.4 Å². The molecule has 1 atom stereocenters. The molecule has 37 heavy (non-hydrogen) atoms. The van der Waals surface area contributed by atoms with Gasteiger partial charge in [0.2, 0.25) is 11.8 Å². The summed E-state index contributed by atoms with van der Waals surface area (Å²) in [5, 5.41) is 2.82. The van der Waals surface area contributed by atoms with E-state index in [4.69, 9.17) is 16.3 Å². The Morgan fingerprint density at radius 2 is 1.70 bits per heavy atom. The second kappa shape index (κ2) is 12.4. The summed E-state index contributed by atoms with van der Waals surface area (Å²) in [6.45, 7) is 1.09. The maximum absolute atomic E-state index is 13.8. The second-order valence-electron chi connectivity index (χ2n) is 8.08. The van der Waals surface area contributed by atoms with Crippen LogP contribution in [0.1, 0.15) is 12.5 Å². The van der Waals surface area contributed by atoms with Crippen molar-refractivity contribution < 1.29 is 22.7 Å².